The van der Waals surface area contributed by atoms with Gasteiger partial charge in [-0.25, -0.2) is 8.42 Å². The van der Waals surface area contributed by atoms with Gasteiger partial charge in [0.25, 0.3) is 5.91 Å². The Morgan fingerprint density at radius 3 is 2.56 bits per heavy atom. The first kappa shape index (κ1) is 24.3. The van der Waals surface area contributed by atoms with E-state index < -0.39 is 9.84 Å². The smallest absolute Gasteiger partial charge is 0.262 e. The number of sulfone groups is 1. The highest BCUT2D eigenvalue weighted by atomic mass is 35.5. The van der Waals surface area contributed by atoms with Gasteiger partial charge < -0.3 is 15.0 Å². The summed E-state index contributed by atoms with van der Waals surface area (Å²) in [6.07, 6.45) is 0. The zero-order valence-electron chi connectivity index (χ0n) is 18.4. The van der Waals surface area contributed by atoms with Crippen LogP contribution in [0.4, 0.5) is 11.4 Å². The fourth-order valence-electron chi connectivity index (χ4n) is 3.63. The van der Waals surface area contributed by atoms with Crippen LogP contribution in [-0.4, -0.2) is 51.3 Å². The molecule has 178 valence electrons. The largest absolute Gasteiger partial charge is 0.483 e. The van der Waals surface area contributed by atoms with Crippen molar-refractivity contribution in [2.75, 3.05) is 41.4 Å². The quantitative estimate of drug-likeness (QED) is 0.471. The van der Waals surface area contributed by atoms with Gasteiger partial charge in [0, 0.05) is 29.5 Å². The van der Waals surface area contributed by atoms with E-state index in [2.05, 4.69) is 5.32 Å². The highest BCUT2D eigenvalue weighted by Gasteiger charge is 2.22. The third-order valence-corrected chi connectivity index (χ3v) is 8.20. The molecular weight excluding hydrogens is 496 g/mol. The number of hydrogen-bond donors (Lipinski definition) is 1. The molecule has 0 unspecified atom stereocenters. The van der Waals surface area contributed by atoms with Crippen LogP contribution in [0.2, 0.25) is 5.02 Å². The Labute approximate surface area is 207 Å². The van der Waals surface area contributed by atoms with Gasteiger partial charge in [-0.15, -0.1) is 11.3 Å². The van der Waals surface area contributed by atoms with Gasteiger partial charge in [0.1, 0.15) is 5.75 Å². The van der Waals surface area contributed by atoms with Crippen LogP contribution in [0.1, 0.15) is 20.8 Å². The van der Waals surface area contributed by atoms with Crippen molar-refractivity contribution in [1.29, 1.82) is 0 Å². The molecule has 1 fully saturated rings. The summed E-state index contributed by atoms with van der Waals surface area (Å²) in [5.74, 6) is -0.0214. The van der Waals surface area contributed by atoms with E-state index in [1.165, 1.54) is 17.4 Å². The van der Waals surface area contributed by atoms with Gasteiger partial charge in [-0.3, -0.25) is 9.59 Å². The van der Waals surface area contributed by atoms with Crippen molar-refractivity contribution in [3.8, 4) is 5.75 Å². The fourth-order valence-corrected chi connectivity index (χ4v) is 5.68. The minimum atomic E-state index is -2.95. The SMILES string of the molecule is Cc1cc(N2CCS(=O)(=O)CC2)ccc1NC(=O)COc1ccc(Cl)cc1C(=O)c1cccs1. The number of nitrogens with zero attached hydrogens (tertiary/aromatic N) is 1. The normalized spacial score (nSPS) is 15.1. The highest BCUT2D eigenvalue weighted by molar-refractivity contribution is 7.91. The number of thiophene rings is 1. The van der Waals surface area contributed by atoms with Gasteiger partial charge in [-0.05, 0) is 60.3 Å². The lowest BCUT2D eigenvalue weighted by atomic mass is 10.1. The zero-order valence-corrected chi connectivity index (χ0v) is 20.8. The van der Waals surface area contributed by atoms with E-state index in [0.29, 0.717) is 34.2 Å². The summed E-state index contributed by atoms with van der Waals surface area (Å²) < 4.78 is 29.0. The third kappa shape index (κ3) is 5.78. The molecule has 3 aromatic rings. The molecule has 10 heteroatoms. The maximum Gasteiger partial charge on any atom is 0.262 e. The van der Waals surface area contributed by atoms with E-state index in [1.54, 1.807) is 30.3 Å². The summed E-state index contributed by atoms with van der Waals surface area (Å²) in [7, 11) is -2.95. The number of ketones is 1. The van der Waals surface area contributed by atoms with Crippen LogP contribution < -0.4 is 15.0 Å². The van der Waals surface area contributed by atoms with E-state index in [4.69, 9.17) is 16.3 Å². The molecule has 2 aromatic carbocycles. The number of anilines is 2. The van der Waals surface area contributed by atoms with Crippen molar-refractivity contribution in [1.82, 2.24) is 0 Å². The van der Waals surface area contributed by atoms with E-state index in [9.17, 15) is 18.0 Å². The van der Waals surface area contributed by atoms with Gasteiger partial charge >= 0.3 is 0 Å². The Balaban J connectivity index is 1.40. The van der Waals surface area contributed by atoms with Crippen LogP contribution in [-0.2, 0) is 14.6 Å². The van der Waals surface area contributed by atoms with Crippen molar-refractivity contribution in [2.45, 2.75) is 6.92 Å². The first-order valence-electron chi connectivity index (χ1n) is 10.6. The number of halogens is 1. The number of rotatable bonds is 7. The minimum Gasteiger partial charge on any atom is -0.483 e. The molecule has 1 amide bonds. The molecule has 0 atom stereocenters. The van der Waals surface area contributed by atoms with E-state index in [0.717, 1.165) is 11.3 Å². The molecule has 2 heterocycles. The molecule has 0 bridgehead atoms. The minimum absolute atomic E-state index is 0.142. The lowest BCUT2D eigenvalue weighted by Crippen LogP contribution is -2.40. The van der Waals surface area contributed by atoms with Gasteiger partial charge in [0.2, 0.25) is 5.78 Å². The molecule has 34 heavy (non-hydrogen) atoms. The average Bonchev–Trinajstić information content (AvgIpc) is 3.34. The van der Waals surface area contributed by atoms with Crippen LogP contribution in [0.15, 0.2) is 53.9 Å². The maximum atomic E-state index is 12.8. The lowest BCUT2D eigenvalue weighted by molar-refractivity contribution is -0.118. The molecule has 7 nitrogen and oxygen atoms in total. The Hall–Kier alpha value is -2.88. The molecule has 1 aromatic heterocycles. The number of carbonyl (C=O) groups excluding carboxylic acids is 2. The number of nitrogens with one attached hydrogen (secondary N) is 1. The molecule has 0 saturated carbocycles. The van der Waals surface area contributed by atoms with E-state index in [1.807, 2.05) is 29.3 Å². The number of amides is 1. The molecule has 1 aliphatic rings. The first-order valence-corrected chi connectivity index (χ1v) is 13.7. The summed E-state index contributed by atoms with van der Waals surface area (Å²) in [6, 6.07) is 13.8. The second-order valence-electron chi connectivity index (χ2n) is 7.92. The topological polar surface area (TPSA) is 92.8 Å². The Bertz CT molecular complexity index is 1310. The van der Waals surface area contributed by atoms with Crippen molar-refractivity contribution in [2.24, 2.45) is 0 Å². The number of carbonyl (C=O) groups is 2. The molecule has 1 N–H and O–H groups in total. The highest BCUT2D eigenvalue weighted by Crippen LogP contribution is 2.28. The molecule has 0 radical (unpaired) electrons. The summed E-state index contributed by atoms with van der Waals surface area (Å²) in [5, 5.41) is 5.04. The third-order valence-electron chi connectivity index (χ3n) is 5.48. The number of hydrogen-bond acceptors (Lipinski definition) is 7. The summed E-state index contributed by atoms with van der Waals surface area (Å²) in [4.78, 5) is 27.9. The van der Waals surface area contributed by atoms with Crippen LogP contribution in [0.3, 0.4) is 0 Å². The molecule has 1 aliphatic heterocycles. The van der Waals surface area contributed by atoms with Crippen molar-refractivity contribution < 1.29 is 22.7 Å². The Kier molecular flexibility index (Phi) is 7.25. The number of aryl methyl sites for hydroxylation is 1. The van der Waals surface area contributed by atoms with Crippen molar-refractivity contribution in [3.05, 3.63) is 74.9 Å². The Morgan fingerprint density at radius 1 is 1.12 bits per heavy atom. The second kappa shape index (κ2) is 10.2. The standard InChI is InChI=1S/C24H23ClN2O5S2/c1-16-13-18(27-8-11-34(30,31)12-9-27)5-6-20(16)26-23(28)15-32-21-7-4-17(25)14-19(21)24(29)22-3-2-10-33-22/h2-7,10,13-14H,8-9,11-12,15H2,1H3,(H,26,28). The predicted octanol–water partition coefficient (Wildman–Crippen LogP) is 4.19. The molecule has 4 rings (SSSR count). The van der Waals surface area contributed by atoms with Crippen LogP contribution >= 0.6 is 22.9 Å². The van der Waals surface area contributed by atoms with Crippen molar-refractivity contribution >= 4 is 55.8 Å². The molecule has 1 saturated heterocycles. The van der Waals surface area contributed by atoms with Gasteiger partial charge in [0.05, 0.1) is 21.9 Å². The van der Waals surface area contributed by atoms with E-state index >= 15 is 0 Å². The maximum absolute atomic E-state index is 12.8. The Morgan fingerprint density at radius 2 is 1.88 bits per heavy atom. The van der Waals surface area contributed by atoms with Gasteiger partial charge in [0.15, 0.2) is 16.4 Å². The molecular formula is C24H23ClN2O5S2. The van der Waals surface area contributed by atoms with Crippen LogP contribution in [0.25, 0.3) is 0 Å². The second-order valence-corrected chi connectivity index (χ2v) is 11.6. The number of ether oxygens (including phenoxy) is 1. The lowest BCUT2D eigenvalue weighted by Gasteiger charge is -2.29. The van der Waals surface area contributed by atoms with Crippen LogP contribution in [0, 0.1) is 6.92 Å². The summed E-state index contributed by atoms with van der Waals surface area (Å²) in [6.45, 7) is 2.50. The summed E-state index contributed by atoms with van der Waals surface area (Å²) in [5.41, 5.74) is 2.69. The van der Waals surface area contributed by atoms with Crippen molar-refractivity contribution in [3.63, 3.8) is 0 Å². The fraction of sp³-hybridized carbons (Fsp3) is 0.250. The van der Waals surface area contributed by atoms with Gasteiger partial charge in [-0.1, -0.05) is 17.7 Å². The average molecular weight is 519 g/mol. The van der Waals surface area contributed by atoms with Crippen LogP contribution in [0.5, 0.6) is 5.75 Å². The summed E-state index contributed by atoms with van der Waals surface area (Å²) >= 11 is 7.39. The van der Waals surface area contributed by atoms with Gasteiger partial charge in [-0.2, -0.15) is 0 Å². The molecule has 0 spiro atoms. The predicted molar refractivity (Wildman–Crippen MR) is 135 cm³/mol. The van der Waals surface area contributed by atoms with E-state index in [-0.39, 0.29) is 35.6 Å². The first-order chi connectivity index (χ1) is 16.2. The zero-order chi connectivity index (χ0) is 24.3. The monoisotopic (exact) mass is 518 g/mol. The number of benzene rings is 2. The molecule has 0 aliphatic carbocycles.